The fraction of sp³-hybridized carbons (Fsp3) is 0.188. The number of amides is 1. The molecule has 6 nitrogen and oxygen atoms in total. The van der Waals surface area contributed by atoms with E-state index in [-0.39, 0.29) is 17.0 Å². The van der Waals surface area contributed by atoms with Gasteiger partial charge in [-0.15, -0.1) is 13.2 Å². The van der Waals surface area contributed by atoms with Crippen molar-refractivity contribution in [2.24, 2.45) is 0 Å². The molecule has 2 aromatic heterocycles. The van der Waals surface area contributed by atoms with Crippen molar-refractivity contribution in [1.82, 2.24) is 14.6 Å². The van der Waals surface area contributed by atoms with Crippen LogP contribution in [0, 0.1) is 6.92 Å². The van der Waals surface area contributed by atoms with Gasteiger partial charge < -0.3 is 10.1 Å². The number of anilines is 1. The lowest BCUT2D eigenvalue weighted by Gasteiger charge is -2.09. The van der Waals surface area contributed by atoms with E-state index in [2.05, 4.69) is 20.1 Å². The van der Waals surface area contributed by atoms with Crippen LogP contribution in [0.5, 0.6) is 5.75 Å². The second kappa shape index (κ2) is 7.10. The van der Waals surface area contributed by atoms with Crippen molar-refractivity contribution >= 4 is 28.8 Å². The lowest BCUT2D eigenvalue weighted by atomic mass is 10.3. The van der Waals surface area contributed by atoms with Gasteiger partial charge in [0.15, 0.2) is 11.3 Å². The Morgan fingerprint density at radius 2 is 1.76 bits per heavy atom. The van der Waals surface area contributed by atoms with E-state index in [1.807, 2.05) is 0 Å². The fourth-order valence-corrected chi connectivity index (χ4v) is 2.64. The zero-order valence-electron chi connectivity index (χ0n) is 14.2. The van der Waals surface area contributed by atoms with Gasteiger partial charge in [-0.2, -0.15) is 18.3 Å². The lowest BCUT2D eigenvalue weighted by molar-refractivity contribution is -0.274. The molecule has 3 rings (SSSR count). The number of carbonyl (C=O) groups is 1. The Bertz CT molecular complexity index is 1080. The molecule has 0 aliphatic rings. The molecule has 0 bridgehead atoms. The molecule has 154 valence electrons. The van der Waals surface area contributed by atoms with Gasteiger partial charge in [0.1, 0.15) is 16.5 Å². The first kappa shape index (κ1) is 20.7. The second-order valence-electron chi connectivity index (χ2n) is 5.70. The Hall–Kier alpha value is -3.02. The smallest absolute Gasteiger partial charge is 0.406 e. The Kier molecular flexibility index (Phi) is 5.07. The number of hydrogen-bond donors (Lipinski definition) is 1. The number of nitrogens with one attached hydrogen (secondary N) is 1. The highest BCUT2D eigenvalue weighted by molar-refractivity contribution is 6.37. The summed E-state index contributed by atoms with van der Waals surface area (Å²) in [6.07, 6.45) is -9.65. The van der Waals surface area contributed by atoms with Crippen LogP contribution in [0.1, 0.15) is 21.9 Å². The maximum absolute atomic E-state index is 13.2. The van der Waals surface area contributed by atoms with Crippen LogP contribution in [0.2, 0.25) is 5.02 Å². The Labute approximate surface area is 163 Å². The predicted molar refractivity (Wildman–Crippen MR) is 88.8 cm³/mol. The number of fused-ring (bicyclic) bond motifs is 1. The molecule has 2 heterocycles. The molecule has 0 spiro atoms. The van der Waals surface area contributed by atoms with Crippen LogP contribution in [0.4, 0.5) is 32.0 Å². The number of carbonyl (C=O) groups excluding carboxylic acids is 1. The Morgan fingerprint density at radius 1 is 1.14 bits per heavy atom. The number of ether oxygens (including phenoxy) is 1. The number of benzene rings is 1. The summed E-state index contributed by atoms with van der Waals surface area (Å²) in [5, 5.41) is 5.47. The molecule has 13 heteroatoms. The van der Waals surface area contributed by atoms with Gasteiger partial charge in [0.05, 0.1) is 0 Å². The molecule has 29 heavy (non-hydrogen) atoms. The van der Waals surface area contributed by atoms with Gasteiger partial charge in [0.25, 0.3) is 5.91 Å². The molecule has 0 fully saturated rings. The summed E-state index contributed by atoms with van der Waals surface area (Å²) in [6, 6.07) is 4.85. The molecule has 0 atom stereocenters. The van der Waals surface area contributed by atoms with Crippen LogP contribution in [0.3, 0.4) is 0 Å². The molecule has 0 unspecified atom stereocenters. The Morgan fingerprint density at radius 3 is 2.31 bits per heavy atom. The molecule has 1 amide bonds. The van der Waals surface area contributed by atoms with Gasteiger partial charge in [-0.1, -0.05) is 11.6 Å². The monoisotopic (exact) mass is 438 g/mol. The van der Waals surface area contributed by atoms with Crippen molar-refractivity contribution in [3.8, 4) is 5.75 Å². The molecular weight excluding hydrogens is 430 g/mol. The average Bonchev–Trinajstić information content (AvgIpc) is 2.91. The van der Waals surface area contributed by atoms with Gasteiger partial charge in [0, 0.05) is 11.4 Å². The van der Waals surface area contributed by atoms with Crippen LogP contribution in [-0.4, -0.2) is 26.9 Å². The summed E-state index contributed by atoms with van der Waals surface area (Å²) in [4.78, 5) is 16.2. The topological polar surface area (TPSA) is 68.5 Å². The highest BCUT2D eigenvalue weighted by Crippen LogP contribution is 2.32. The standard InChI is InChI=1S/C16H9ClF6N4O2/c1-7-6-10(15(18,19)20)27-13(24-7)11(17)12(26-27)14(28)25-8-2-4-9(5-3-8)29-16(21,22)23/h2-6H,1H3,(H,25,28). The zero-order chi connectivity index (χ0) is 21.6. The van der Waals surface area contributed by atoms with Gasteiger partial charge in [-0.05, 0) is 37.3 Å². The van der Waals surface area contributed by atoms with Crippen LogP contribution in [0.25, 0.3) is 5.65 Å². The van der Waals surface area contributed by atoms with Crippen LogP contribution in [0.15, 0.2) is 30.3 Å². The van der Waals surface area contributed by atoms with E-state index in [1.54, 1.807) is 0 Å². The van der Waals surface area contributed by atoms with E-state index >= 15 is 0 Å². The largest absolute Gasteiger partial charge is 0.573 e. The maximum Gasteiger partial charge on any atom is 0.573 e. The summed E-state index contributed by atoms with van der Waals surface area (Å²) in [5.41, 5.74) is -2.02. The number of alkyl halides is 6. The van der Waals surface area contributed by atoms with Crippen molar-refractivity contribution in [2.75, 3.05) is 5.32 Å². The van der Waals surface area contributed by atoms with Gasteiger partial charge in [-0.3, -0.25) is 4.79 Å². The van der Waals surface area contributed by atoms with E-state index < -0.39 is 40.6 Å². The third-order valence-electron chi connectivity index (χ3n) is 3.51. The molecule has 1 aromatic carbocycles. The number of hydrogen-bond acceptors (Lipinski definition) is 4. The molecule has 3 aromatic rings. The molecule has 0 radical (unpaired) electrons. The quantitative estimate of drug-likeness (QED) is 0.593. The Balaban J connectivity index is 1.91. The zero-order valence-corrected chi connectivity index (χ0v) is 14.9. The summed E-state index contributed by atoms with van der Waals surface area (Å²) in [6.45, 7) is 1.32. The van der Waals surface area contributed by atoms with Crippen molar-refractivity contribution in [3.63, 3.8) is 0 Å². The number of aryl methyl sites for hydroxylation is 1. The SMILES string of the molecule is Cc1cc(C(F)(F)F)n2nc(C(=O)Nc3ccc(OC(F)(F)F)cc3)c(Cl)c2n1. The summed E-state index contributed by atoms with van der Waals surface area (Å²) in [7, 11) is 0. The highest BCUT2D eigenvalue weighted by atomic mass is 35.5. The van der Waals surface area contributed by atoms with E-state index in [0.29, 0.717) is 4.52 Å². The van der Waals surface area contributed by atoms with Gasteiger partial charge in [-0.25, -0.2) is 9.50 Å². The second-order valence-corrected chi connectivity index (χ2v) is 6.08. The third-order valence-corrected chi connectivity index (χ3v) is 3.86. The number of aromatic nitrogens is 3. The minimum absolute atomic E-state index is 0.0128. The number of rotatable bonds is 3. The molecule has 0 saturated heterocycles. The molecule has 1 N–H and O–H groups in total. The maximum atomic E-state index is 13.2. The first-order valence-electron chi connectivity index (χ1n) is 7.65. The number of nitrogens with zero attached hydrogens (tertiary/aromatic N) is 3. The highest BCUT2D eigenvalue weighted by Gasteiger charge is 2.36. The molecule has 0 aliphatic heterocycles. The minimum atomic E-state index is -4.88. The van der Waals surface area contributed by atoms with Crippen molar-refractivity contribution in [2.45, 2.75) is 19.5 Å². The number of halogens is 7. The lowest BCUT2D eigenvalue weighted by Crippen LogP contribution is -2.17. The normalized spacial score (nSPS) is 12.3. The summed E-state index contributed by atoms with van der Waals surface area (Å²) >= 11 is 5.99. The first-order chi connectivity index (χ1) is 13.3. The van der Waals surface area contributed by atoms with Crippen LogP contribution in [-0.2, 0) is 6.18 Å². The van der Waals surface area contributed by atoms with E-state index in [0.717, 1.165) is 30.3 Å². The van der Waals surface area contributed by atoms with Crippen LogP contribution >= 0.6 is 11.6 Å². The van der Waals surface area contributed by atoms with Crippen molar-refractivity contribution in [1.29, 1.82) is 0 Å². The minimum Gasteiger partial charge on any atom is -0.406 e. The van der Waals surface area contributed by atoms with E-state index in [1.165, 1.54) is 6.92 Å². The van der Waals surface area contributed by atoms with Crippen LogP contribution < -0.4 is 10.1 Å². The van der Waals surface area contributed by atoms with Gasteiger partial charge >= 0.3 is 12.5 Å². The van der Waals surface area contributed by atoms with Crippen molar-refractivity contribution in [3.05, 3.63) is 52.4 Å². The summed E-state index contributed by atoms with van der Waals surface area (Å²) < 4.78 is 80.2. The van der Waals surface area contributed by atoms with E-state index in [4.69, 9.17) is 11.6 Å². The average molecular weight is 439 g/mol. The third kappa shape index (κ3) is 4.53. The molecule has 0 saturated carbocycles. The molecule has 0 aliphatic carbocycles. The molecular formula is C16H9ClF6N4O2. The summed E-state index contributed by atoms with van der Waals surface area (Å²) in [5.74, 6) is -1.49. The first-order valence-corrected chi connectivity index (χ1v) is 8.03. The van der Waals surface area contributed by atoms with Crippen molar-refractivity contribution < 1.29 is 35.9 Å². The predicted octanol–water partition coefficient (Wildman–Crippen LogP) is 4.86. The van der Waals surface area contributed by atoms with E-state index in [9.17, 15) is 31.1 Å². The fourth-order valence-electron chi connectivity index (χ4n) is 2.39. The van der Waals surface area contributed by atoms with Gasteiger partial charge in [0.2, 0.25) is 0 Å².